The lowest BCUT2D eigenvalue weighted by atomic mass is 9.71. The van der Waals surface area contributed by atoms with Crippen LogP contribution in [0.2, 0.25) is 0 Å². The van der Waals surface area contributed by atoms with Crippen molar-refractivity contribution in [3.05, 3.63) is 0 Å². The minimum Gasteiger partial charge on any atom is -0.310 e. The monoisotopic (exact) mass is 193 g/mol. The van der Waals surface area contributed by atoms with Gasteiger partial charge in [-0.05, 0) is 56.3 Å². The largest absolute Gasteiger partial charge is 0.310 e. The van der Waals surface area contributed by atoms with Crippen LogP contribution in [-0.2, 0) is 0 Å². The molecule has 0 aromatic carbocycles. The lowest BCUT2D eigenvalue weighted by molar-refractivity contribution is 0.192. The van der Waals surface area contributed by atoms with Crippen LogP contribution in [0.5, 0.6) is 0 Å². The Labute approximate surface area is 87.8 Å². The molecule has 0 heterocycles. The van der Waals surface area contributed by atoms with Gasteiger partial charge < -0.3 is 5.41 Å². The summed E-state index contributed by atoms with van der Waals surface area (Å²) >= 11 is 0. The fraction of sp³-hybridized carbons (Fsp3) is 0.923. The third kappa shape index (κ3) is 2.37. The molecule has 0 aliphatic heterocycles. The summed E-state index contributed by atoms with van der Waals surface area (Å²) in [5, 5.41) is 7.62. The second-order valence-electron chi connectivity index (χ2n) is 5.46. The highest BCUT2D eigenvalue weighted by Gasteiger charge is 2.28. The zero-order valence-corrected chi connectivity index (χ0v) is 9.39. The van der Waals surface area contributed by atoms with Gasteiger partial charge in [0.2, 0.25) is 0 Å². The fourth-order valence-corrected chi connectivity index (χ4v) is 3.22. The van der Waals surface area contributed by atoms with Crippen LogP contribution in [0.1, 0.15) is 58.3 Å². The van der Waals surface area contributed by atoms with E-state index in [0.717, 1.165) is 36.3 Å². The molecule has 0 radical (unpaired) electrons. The molecule has 0 bridgehead atoms. The molecule has 14 heavy (non-hydrogen) atoms. The molecule has 0 saturated heterocycles. The Morgan fingerprint density at radius 1 is 0.857 bits per heavy atom. The van der Waals surface area contributed by atoms with Crippen LogP contribution in [0.25, 0.3) is 0 Å². The first-order chi connectivity index (χ1) is 6.75. The predicted molar refractivity (Wildman–Crippen MR) is 60.8 cm³/mol. The van der Waals surface area contributed by atoms with E-state index in [9.17, 15) is 0 Å². The second kappa shape index (κ2) is 4.46. The van der Waals surface area contributed by atoms with Crippen molar-refractivity contribution in [1.29, 1.82) is 5.41 Å². The molecule has 0 spiro atoms. The maximum Gasteiger partial charge on any atom is 0.00893 e. The lowest BCUT2D eigenvalue weighted by Crippen LogP contribution is -2.25. The van der Waals surface area contributed by atoms with Crippen LogP contribution in [0.3, 0.4) is 0 Å². The van der Waals surface area contributed by atoms with E-state index in [4.69, 9.17) is 5.41 Å². The zero-order valence-electron chi connectivity index (χ0n) is 9.39. The van der Waals surface area contributed by atoms with E-state index in [1.165, 1.54) is 38.5 Å². The molecule has 0 aromatic heterocycles. The maximum atomic E-state index is 7.62. The van der Waals surface area contributed by atoms with E-state index in [1.54, 1.807) is 0 Å². The average molecular weight is 193 g/mol. The van der Waals surface area contributed by atoms with Crippen molar-refractivity contribution < 1.29 is 0 Å². The molecule has 0 unspecified atom stereocenters. The second-order valence-corrected chi connectivity index (χ2v) is 5.46. The number of nitrogens with one attached hydrogen (secondary N) is 1. The topological polar surface area (TPSA) is 23.9 Å². The minimum atomic E-state index is 0.969. The van der Waals surface area contributed by atoms with Gasteiger partial charge in [-0.25, -0.2) is 0 Å². The summed E-state index contributed by atoms with van der Waals surface area (Å²) in [4.78, 5) is 0. The quantitative estimate of drug-likeness (QED) is 0.650. The molecule has 0 amide bonds. The molecule has 80 valence electrons. The number of rotatable bonds is 1. The summed E-state index contributed by atoms with van der Waals surface area (Å²) < 4.78 is 0. The highest BCUT2D eigenvalue weighted by atomic mass is 14.4. The Morgan fingerprint density at radius 2 is 1.36 bits per heavy atom. The van der Waals surface area contributed by atoms with E-state index < -0.39 is 0 Å². The van der Waals surface area contributed by atoms with Gasteiger partial charge in [0, 0.05) is 5.71 Å². The molecule has 1 N–H and O–H groups in total. The Balaban J connectivity index is 1.81. The van der Waals surface area contributed by atoms with Crippen LogP contribution in [0.4, 0.5) is 0 Å². The standard InChI is InChI=1S/C13H23N/c1-10-2-4-11(5-3-10)12-6-8-13(14)9-7-12/h10-12,14H,2-9H2,1H3. The minimum absolute atomic E-state index is 0.969. The van der Waals surface area contributed by atoms with E-state index in [1.807, 2.05) is 0 Å². The molecular formula is C13H23N. The van der Waals surface area contributed by atoms with Crippen molar-refractivity contribution in [1.82, 2.24) is 0 Å². The van der Waals surface area contributed by atoms with Crippen molar-refractivity contribution >= 4 is 5.71 Å². The Hall–Kier alpha value is -0.330. The Morgan fingerprint density at radius 3 is 1.93 bits per heavy atom. The van der Waals surface area contributed by atoms with Crippen molar-refractivity contribution in [2.24, 2.45) is 17.8 Å². The molecular weight excluding hydrogens is 170 g/mol. The van der Waals surface area contributed by atoms with Crippen LogP contribution in [0.15, 0.2) is 0 Å². The van der Waals surface area contributed by atoms with E-state index in [2.05, 4.69) is 6.92 Å². The van der Waals surface area contributed by atoms with Crippen LogP contribution >= 0.6 is 0 Å². The summed E-state index contributed by atoms with van der Waals surface area (Å²) in [5.74, 6) is 2.96. The summed E-state index contributed by atoms with van der Waals surface area (Å²) in [6, 6.07) is 0. The Kier molecular flexibility index (Phi) is 3.25. The smallest absolute Gasteiger partial charge is 0.00893 e. The van der Waals surface area contributed by atoms with Crippen LogP contribution in [-0.4, -0.2) is 5.71 Å². The van der Waals surface area contributed by atoms with Gasteiger partial charge in [-0.2, -0.15) is 0 Å². The summed E-state index contributed by atoms with van der Waals surface area (Å²) in [6.07, 6.45) is 10.7. The third-order valence-electron chi connectivity index (χ3n) is 4.36. The fourth-order valence-electron chi connectivity index (χ4n) is 3.22. The van der Waals surface area contributed by atoms with Crippen molar-refractivity contribution in [2.75, 3.05) is 0 Å². The lowest BCUT2D eigenvalue weighted by Gasteiger charge is -2.35. The molecule has 1 nitrogen and oxygen atoms in total. The van der Waals surface area contributed by atoms with Gasteiger partial charge in [-0.15, -0.1) is 0 Å². The number of hydrogen-bond donors (Lipinski definition) is 1. The van der Waals surface area contributed by atoms with Gasteiger partial charge >= 0.3 is 0 Å². The van der Waals surface area contributed by atoms with Gasteiger partial charge in [0.1, 0.15) is 0 Å². The maximum absolute atomic E-state index is 7.62. The summed E-state index contributed by atoms with van der Waals surface area (Å²) in [7, 11) is 0. The van der Waals surface area contributed by atoms with Gasteiger partial charge in [0.15, 0.2) is 0 Å². The SMILES string of the molecule is CC1CCC(C2CCC(=N)CC2)CC1. The highest BCUT2D eigenvalue weighted by Crippen LogP contribution is 2.38. The first-order valence-electron chi connectivity index (χ1n) is 6.32. The molecule has 2 saturated carbocycles. The van der Waals surface area contributed by atoms with Crippen LogP contribution < -0.4 is 0 Å². The molecule has 2 aliphatic carbocycles. The molecule has 2 aliphatic rings. The zero-order chi connectivity index (χ0) is 9.97. The van der Waals surface area contributed by atoms with Crippen molar-refractivity contribution in [3.8, 4) is 0 Å². The van der Waals surface area contributed by atoms with Crippen molar-refractivity contribution in [3.63, 3.8) is 0 Å². The van der Waals surface area contributed by atoms with Crippen molar-refractivity contribution in [2.45, 2.75) is 58.3 Å². The summed E-state index contributed by atoms with van der Waals surface area (Å²) in [5.41, 5.74) is 1.01. The predicted octanol–water partition coefficient (Wildman–Crippen LogP) is 4.02. The molecule has 2 rings (SSSR count). The average Bonchev–Trinajstić information content (AvgIpc) is 2.21. The van der Waals surface area contributed by atoms with Gasteiger partial charge in [0.05, 0.1) is 0 Å². The number of hydrogen-bond acceptors (Lipinski definition) is 1. The van der Waals surface area contributed by atoms with E-state index in [0.29, 0.717) is 0 Å². The van der Waals surface area contributed by atoms with Gasteiger partial charge in [-0.1, -0.05) is 19.8 Å². The first-order valence-corrected chi connectivity index (χ1v) is 6.32. The van der Waals surface area contributed by atoms with E-state index in [-0.39, 0.29) is 0 Å². The normalized spacial score (nSPS) is 39.8. The molecule has 0 aromatic rings. The molecule has 1 heteroatoms. The van der Waals surface area contributed by atoms with Gasteiger partial charge in [0.25, 0.3) is 0 Å². The highest BCUT2D eigenvalue weighted by molar-refractivity contribution is 5.81. The van der Waals surface area contributed by atoms with Gasteiger partial charge in [-0.3, -0.25) is 0 Å². The molecule has 2 fully saturated rings. The Bertz CT molecular complexity index is 191. The molecule has 0 atom stereocenters. The third-order valence-corrected chi connectivity index (χ3v) is 4.36. The first kappa shape index (κ1) is 10.2. The van der Waals surface area contributed by atoms with Crippen LogP contribution in [0, 0.1) is 23.2 Å². The summed E-state index contributed by atoms with van der Waals surface area (Å²) in [6.45, 7) is 2.40. The van der Waals surface area contributed by atoms with E-state index >= 15 is 0 Å².